The minimum atomic E-state index is -2.02. The first-order chi connectivity index (χ1) is 13.8. The van der Waals surface area contributed by atoms with Gasteiger partial charge in [0.15, 0.2) is 11.4 Å². The van der Waals surface area contributed by atoms with Gasteiger partial charge in [0.2, 0.25) is 0 Å². The number of aliphatic hydroxyl groups is 1. The normalized spacial score (nSPS) is 18.2. The van der Waals surface area contributed by atoms with E-state index in [1.54, 1.807) is 56.3 Å². The summed E-state index contributed by atoms with van der Waals surface area (Å²) in [4.78, 5) is 27.5. The number of carbonyl (C=O) groups is 2. The Morgan fingerprint density at radius 1 is 1.14 bits per heavy atom. The van der Waals surface area contributed by atoms with Gasteiger partial charge >= 0.3 is 0 Å². The summed E-state index contributed by atoms with van der Waals surface area (Å²) in [6.45, 7) is 3.37. The van der Waals surface area contributed by atoms with Crippen molar-refractivity contribution >= 4 is 17.4 Å². The van der Waals surface area contributed by atoms with Crippen molar-refractivity contribution < 1.29 is 23.5 Å². The molecule has 1 atom stereocenters. The van der Waals surface area contributed by atoms with Crippen LogP contribution < -0.4 is 4.90 Å². The van der Waals surface area contributed by atoms with E-state index in [4.69, 9.17) is 4.42 Å². The highest BCUT2D eigenvalue weighted by Crippen LogP contribution is 2.44. The quantitative estimate of drug-likeness (QED) is 0.664. The van der Waals surface area contributed by atoms with Crippen molar-refractivity contribution in [3.8, 4) is 0 Å². The van der Waals surface area contributed by atoms with Crippen LogP contribution in [0.2, 0.25) is 0 Å². The van der Waals surface area contributed by atoms with E-state index in [0.717, 1.165) is 0 Å². The highest BCUT2D eigenvalue weighted by atomic mass is 19.1. The third kappa shape index (κ3) is 3.06. The van der Waals surface area contributed by atoms with Crippen LogP contribution in [0.25, 0.3) is 0 Å². The maximum Gasteiger partial charge on any atom is 0.264 e. The van der Waals surface area contributed by atoms with Crippen molar-refractivity contribution in [3.05, 3.63) is 88.6 Å². The molecule has 148 valence electrons. The summed E-state index contributed by atoms with van der Waals surface area (Å²) in [5.74, 6) is -1.02. The molecule has 29 heavy (non-hydrogen) atoms. The summed E-state index contributed by atoms with van der Waals surface area (Å²) in [5, 5.41) is 11.3. The molecule has 1 aliphatic heterocycles. The van der Waals surface area contributed by atoms with Crippen LogP contribution in [0.5, 0.6) is 0 Å². The number of para-hydroxylation sites is 1. The molecule has 1 N–H and O–H groups in total. The fourth-order valence-electron chi connectivity index (χ4n) is 3.94. The van der Waals surface area contributed by atoms with E-state index in [0.29, 0.717) is 33.7 Å². The lowest BCUT2D eigenvalue weighted by Gasteiger charge is -2.23. The molecule has 5 nitrogen and oxygen atoms in total. The minimum absolute atomic E-state index is 0.0389. The van der Waals surface area contributed by atoms with Crippen LogP contribution in [0.4, 0.5) is 10.1 Å². The molecule has 0 spiro atoms. The van der Waals surface area contributed by atoms with E-state index in [1.807, 2.05) is 0 Å². The number of Topliss-reactive ketones (excluding diaryl/α,β-unsaturated/α-hetero) is 1. The van der Waals surface area contributed by atoms with Crippen molar-refractivity contribution in [1.82, 2.24) is 0 Å². The molecule has 6 heteroatoms. The molecule has 1 amide bonds. The summed E-state index contributed by atoms with van der Waals surface area (Å²) in [6.07, 6.45) is 1.05. The van der Waals surface area contributed by atoms with Crippen molar-refractivity contribution in [3.63, 3.8) is 0 Å². The number of hydrogen-bond donors (Lipinski definition) is 1. The van der Waals surface area contributed by atoms with Gasteiger partial charge in [0.1, 0.15) is 11.6 Å². The van der Waals surface area contributed by atoms with Crippen molar-refractivity contribution in [2.45, 2.75) is 32.4 Å². The Morgan fingerprint density at radius 3 is 2.52 bits per heavy atom. The van der Waals surface area contributed by atoms with Crippen LogP contribution in [0.15, 0.2) is 59.2 Å². The van der Waals surface area contributed by atoms with Gasteiger partial charge in [-0.3, -0.25) is 9.59 Å². The average molecular weight is 393 g/mol. The lowest BCUT2D eigenvalue weighted by molar-refractivity contribution is -0.136. The monoisotopic (exact) mass is 393 g/mol. The first-order valence-electron chi connectivity index (χ1n) is 9.28. The Balaban J connectivity index is 1.72. The zero-order chi connectivity index (χ0) is 20.8. The molecule has 0 fully saturated rings. The number of aryl methyl sites for hydroxylation is 2. The molecule has 0 saturated heterocycles. The van der Waals surface area contributed by atoms with Crippen LogP contribution in [-0.2, 0) is 16.9 Å². The van der Waals surface area contributed by atoms with E-state index in [9.17, 15) is 19.1 Å². The third-order valence-corrected chi connectivity index (χ3v) is 5.38. The molecule has 0 aliphatic carbocycles. The third-order valence-electron chi connectivity index (χ3n) is 5.38. The van der Waals surface area contributed by atoms with E-state index < -0.39 is 23.7 Å². The van der Waals surface area contributed by atoms with Gasteiger partial charge in [-0.1, -0.05) is 36.4 Å². The largest absolute Gasteiger partial charge is 0.469 e. The van der Waals surface area contributed by atoms with E-state index in [2.05, 4.69) is 0 Å². The SMILES string of the molecule is Cc1coc(C)c1C(=O)C[C@@]1(O)C(=O)N(Cc2ccccc2F)c2ccccc21. The summed E-state index contributed by atoms with van der Waals surface area (Å²) < 4.78 is 19.4. The minimum Gasteiger partial charge on any atom is -0.469 e. The van der Waals surface area contributed by atoms with Gasteiger partial charge < -0.3 is 14.4 Å². The van der Waals surface area contributed by atoms with Gasteiger partial charge in [0.05, 0.1) is 30.5 Å². The van der Waals surface area contributed by atoms with Crippen molar-refractivity contribution in [2.75, 3.05) is 4.90 Å². The number of hydrogen-bond acceptors (Lipinski definition) is 4. The molecule has 0 saturated carbocycles. The predicted molar refractivity (Wildman–Crippen MR) is 105 cm³/mol. The number of fused-ring (bicyclic) bond motifs is 1. The second-order valence-corrected chi connectivity index (χ2v) is 7.31. The molecule has 0 radical (unpaired) electrons. The second-order valence-electron chi connectivity index (χ2n) is 7.31. The summed E-state index contributed by atoms with van der Waals surface area (Å²) in [5.41, 5.74) is 0.141. The molecular weight excluding hydrogens is 373 g/mol. The average Bonchev–Trinajstić information content (AvgIpc) is 3.13. The molecule has 3 aromatic rings. The molecule has 0 unspecified atom stereocenters. The number of amides is 1. The van der Waals surface area contributed by atoms with Crippen LogP contribution >= 0.6 is 0 Å². The highest BCUT2D eigenvalue weighted by molar-refractivity contribution is 6.11. The van der Waals surface area contributed by atoms with Crippen LogP contribution in [-0.4, -0.2) is 16.8 Å². The van der Waals surface area contributed by atoms with Crippen LogP contribution in [0.3, 0.4) is 0 Å². The first kappa shape index (κ1) is 19.1. The maximum absolute atomic E-state index is 14.2. The Hall–Kier alpha value is -3.25. The van der Waals surface area contributed by atoms with E-state index in [-0.39, 0.29) is 12.3 Å². The maximum atomic E-state index is 14.2. The fourth-order valence-corrected chi connectivity index (χ4v) is 3.94. The Morgan fingerprint density at radius 2 is 1.83 bits per heavy atom. The number of carbonyl (C=O) groups excluding carboxylic acids is 2. The molecule has 1 aliphatic rings. The summed E-state index contributed by atoms with van der Waals surface area (Å²) >= 11 is 0. The number of furan rings is 1. The summed E-state index contributed by atoms with van der Waals surface area (Å²) in [7, 11) is 0. The standard InChI is InChI=1S/C23H20FNO4/c1-14-13-29-15(2)21(14)20(26)11-23(28)17-8-4-6-10-19(17)25(22(23)27)12-16-7-3-5-9-18(16)24/h3-10,13,28H,11-12H2,1-2H3/t23-/m0/s1. The predicted octanol–water partition coefficient (Wildman–Crippen LogP) is 4.04. The Bertz CT molecular complexity index is 1100. The Kier molecular flexibility index (Phi) is 4.59. The van der Waals surface area contributed by atoms with E-state index >= 15 is 0 Å². The van der Waals surface area contributed by atoms with Gasteiger partial charge in [0.25, 0.3) is 5.91 Å². The number of halogens is 1. The number of anilines is 1. The van der Waals surface area contributed by atoms with Crippen LogP contribution in [0, 0.1) is 19.7 Å². The molecular formula is C23H20FNO4. The zero-order valence-corrected chi connectivity index (χ0v) is 16.1. The molecule has 0 bridgehead atoms. The van der Waals surface area contributed by atoms with Crippen molar-refractivity contribution in [1.29, 1.82) is 0 Å². The molecule has 2 heterocycles. The number of nitrogens with zero attached hydrogens (tertiary/aromatic N) is 1. The second kappa shape index (κ2) is 6.97. The highest BCUT2D eigenvalue weighted by Gasteiger charge is 2.51. The van der Waals surface area contributed by atoms with Gasteiger partial charge in [-0.15, -0.1) is 0 Å². The van der Waals surface area contributed by atoms with Gasteiger partial charge in [-0.25, -0.2) is 4.39 Å². The lowest BCUT2D eigenvalue weighted by atomic mass is 9.87. The smallest absolute Gasteiger partial charge is 0.264 e. The lowest BCUT2D eigenvalue weighted by Crippen LogP contribution is -2.41. The van der Waals surface area contributed by atoms with Gasteiger partial charge in [0, 0.05) is 11.1 Å². The number of ketones is 1. The van der Waals surface area contributed by atoms with Gasteiger partial charge in [-0.2, -0.15) is 0 Å². The number of rotatable bonds is 5. The molecule has 1 aromatic heterocycles. The Labute approximate surface area is 167 Å². The molecule has 2 aromatic carbocycles. The van der Waals surface area contributed by atoms with Gasteiger partial charge in [-0.05, 0) is 31.5 Å². The van der Waals surface area contributed by atoms with E-state index in [1.165, 1.54) is 17.2 Å². The molecule has 4 rings (SSSR count). The van der Waals surface area contributed by atoms with Crippen LogP contribution in [0.1, 0.15) is 39.2 Å². The number of benzene rings is 2. The fraction of sp³-hybridized carbons (Fsp3) is 0.217. The summed E-state index contributed by atoms with van der Waals surface area (Å²) in [6, 6.07) is 12.9. The first-order valence-corrected chi connectivity index (χ1v) is 9.28. The van der Waals surface area contributed by atoms with Crippen molar-refractivity contribution in [2.24, 2.45) is 0 Å². The topological polar surface area (TPSA) is 70.7 Å². The zero-order valence-electron chi connectivity index (χ0n) is 16.1.